The van der Waals surface area contributed by atoms with Gasteiger partial charge < -0.3 is 9.97 Å². The molecule has 3 aromatic heterocycles. The summed E-state index contributed by atoms with van der Waals surface area (Å²) in [4.78, 5) is 17.9. The fourth-order valence-corrected chi connectivity index (χ4v) is 8.65. The number of aromatic amines is 2. The molecule has 4 unspecified atom stereocenters. The molecule has 4 nitrogen and oxygen atoms in total. The lowest BCUT2D eigenvalue weighted by Gasteiger charge is -2.45. The minimum absolute atomic E-state index is 0.215. The third kappa shape index (κ3) is 3.08. The van der Waals surface area contributed by atoms with Crippen molar-refractivity contribution in [3.8, 4) is 0 Å². The summed E-state index contributed by atoms with van der Waals surface area (Å²) in [5.74, 6) is 1.59. The van der Waals surface area contributed by atoms with Crippen molar-refractivity contribution in [2.45, 2.75) is 52.4 Å². The van der Waals surface area contributed by atoms with Gasteiger partial charge in [-0.15, -0.1) is 0 Å². The van der Waals surface area contributed by atoms with Crippen molar-refractivity contribution in [2.24, 2.45) is 22.7 Å². The van der Waals surface area contributed by atoms with Crippen molar-refractivity contribution in [2.75, 3.05) is 0 Å². The Kier molecular flexibility index (Phi) is 4.24. The number of rotatable bonds is 0. The lowest BCUT2D eigenvalue weighted by atomic mass is 9.58. The van der Waals surface area contributed by atoms with Crippen LogP contribution in [0.2, 0.25) is 0 Å². The van der Waals surface area contributed by atoms with Gasteiger partial charge in [-0.1, -0.05) is 52.0 Å². The van der Waals surface area contributed by atoms with Gasteiger partial charge in [0, 0.05) is 45.7 Å². The zero-order chi connectivity index (χ0) is 27.0. The number of fused-ring (bicyclic) bond motifs is 10. The number of hydrogen-bond acceptors (Lipinski definition) is 2. The van der Waals surface area contributed by atoms with Crippen LogP contribution in [-0.4, -0.2) is 19.9 Å². The molecule has 4 atom stereocenters. The van der Waals surface area contributed by atoms with Crippen LogP contribution in [0.25, 0.3) is 45.4 Å². The molecule has 0 spiro atoms. The molecular formula is C36H34N4. The molecule has 198 valence electrons. The molecule has 5 heterocycles. The first kappa shape index (κ1) is 22.9. The van der Waals surface area contributed by atoms with Gasteiger partial charge in [0.25, 0.3) is 0 Å². The fourth-order valence-electron chi connectivity index (χ4n) is 8.65. The predicted octanol–water partition coefficient (Wildman–Crippen LogP) is 8.80. The molecule has 2 N–H and O–H groups in total. The van der Waals surface area contributed by atoms with E-state index in [-0.39, 0.29) is 10.8 Å². The second-order valence-corrected chi connectivity index (χ2v) is 14.1. The summed E-state index contributed by atoms with van der Waals surface area (Å²) in [6.07, 6.45) is 16.4. The van der Waals surface area contributed by atoms with E-state index < -0.39 is 0 Å². The van der Waals surface area contributed by atoms with E-state index in [2.05, 4.69) is 111 Å². The van der Waals surface area contributed by atoms with Gasteiger partial charge in [-0.05, 0) is 94.5 Å². The van der Waals surface area contributed by atoms with Gasteiger partial charge in [-0.2, -0.15) is 0 Å². The highest BCUT2D eigenvalue weighted by molar-refractivity contribution is 5.98. The minimum Gasteiger partial charge on any atom is -0.355 e. The predicted molar refractivity (Wildman–Crippen MR) is 164 cm³/mol. The lowest BCUT2D eigenvalue weighted by molar-refractivity contribution is 0.244. The number of H-pyrrole nitrogens is 2. The summed E-state index contributed by atoms with van der Waals surface area (Å²) in [5.41, 5.74) is 15.0. The summed E-state index contributed by atoms with van der Waals surface area (Å²) in [5, 5.41) is 0. The first-order valence-electron chi connectivity index (χ1n) is 14.8. The number of aromatic nitrogens is 4. The molecule has 6 aliphatic carbocycles. The third-order valence-corrected chi connectivity index (χ3v) is 10.4. The smallest absolute Gasteiger partial charge is 0.0700 e. The van der Waals surface area contributed by atoms with Crippen molar-refractivity contribution in [1.82, 2.24) is 19.9 Å². The third-order valence-electron chi connectivity index (χ3n) is 10.4. The monoisotopic (exact) mass is 522 g/mol. The SMILES string of the molecule is CC1(C)CC2C=CC1C1=C2c2cc3[nH]c(cc4ccc(cc5nc(cc1n2)C=C5)[nH]4)c1c3C2C=CC1CC2(C)C. The summed E-state index contributed by atoms with van der Waals surface area (Å²) in [7, 11) is 0. The van der Waals surface area contributed by atoms with Gasteiger partial charge in [0.2, 0.25) is 0 Å². The molecule has 4 heteroatoms. The number of nitrogens with zero attached hydrogens (tertiary/aromatic N) is 2. The van der Waals surface area contributed by atoms with Crippen molar-refractivity contribution in [3.05, 3.63) is 94.6 Å². The van der Waals surface area contributed by atoms with E-state index in [1.165, 1.54) is 39.7 Å². The van der Waals surface area contributed by atoms with Crippen LogP contribution in [0, 0.1) is 22.7 Å². The Bertz CT molecular complexity index is 1940. The summed E-state index contributed by atoms with van der Waals surface area (Å²) < 4.78 is 0. The maximum atomic E-state index is 5.40. The van der Waals surface area contributed by atoms with E-state index in [0.717, 1.165) is 40.2 Å². The highest BCUT2D eigenvalue weighted by Crippen LogP contribution is 2.60. The summed E-state index contributed by atoms with van der Waals surface area (Å²) >= 11 is 0. The fraction of sp³-hybridized carbons (Fsp3) is 0.333. The van der Waals surface area contributed by atoms with Crippen LogP contribution in [-0.2, 0) is 0 Å². The molecule has 0 saturated heterocycles. The molecule has 11 rings (SSSR count). The van der Waals surface area contributed by atoms with Crippen molar-refractivity contribution < 1.29 is 0 Å². The van der Waals surface area contributed by atoms with E-state index in [1.54, 1.807) is 0 Å². The van der Waals surface area contributed by atoms with Crippen LogP contribution in [0.4, 0.5) is 0 Å². The average molecular weight is 523 g/mol. The van der Waals surface area contributed by atoms with Crippen LogP contribution >= 0.6 is 0 Å². The molecular weight excluding hydrogens is 488 g/mol. The molecule has 0 fully saturated rings. The Morgan fingerprint density at radius 3 is 2.08 bits per heavy atom. The normalized spacial score (nSPS) is 27.8. The first-order chi connectivity index (χ1) is 19.2. The van der Waals surface area contributed by atoms with E-state index >= 15 is 0 Å². The van der Waals surface area contributed by atoms with Gasteiger partial charge in [-0.25, -0.2) is 9.97 Å². The minimum atomic E-state index is 0.215. The Hall–Kier alpha value is -3.92. The molecule has 40 heavy (non-hydrogen) atoms. The second kappa shape index (κ2) is 7.42. The summed E-state index contributed by atoms with van der Waals surface area (Å²) in [6, 6.07) is 13.3. The quantitative estimate of drug-likeness (QED) is 0.227. The van der Waals surface area contributed by atoms with Crippen molar-refractivity contribution in [3.63, 3.8) is 0 Å². The highest BCUT2D eigenvalue weighted by Gasteiger charge is 2.47. The van der Waals surface area contributed by atoms with Crippen LogP contribution in [0.5, 0.6) is 0 Å². The molecule has 0 radical (unpaired) electrons. The zero-order valence-electron chi connectivity index (χ0n) is 23.5. The highest BCUT2D eigenvalue weighted by atomic mass is 14.8. The Balaban J connectivity index is 1.41. The van der Waals surface area contributed by atoms with Gasteiger partial charge in [-0.3, -0.25) is 0 Å². The average Bonchev–Trinajstić information content (AvgIpc) is 3.68. The van der Waals surface area contributed by atoms with Gasteiger partial charge in [0.15, 0.2) is 0 Å². The Labute approximate surface area is 234 Å². The molecule has 2 aliphatic heterocycles. The van der Waals surface area contributed by atoms with E-state index in [4.69, 9.17) is 9.97 Å². The van der Waals surface area contributed by atoms with Gasteiger partial charge in [0.05, 0.1) is 22.8 Å². The van der Waals surface area contributed by atoms with Crippen molar-refractivity contribution in [1.29, 1.82) is 0 Å². The molecule has 3 aromatic rings. The van der Waals surface area contributed by atoms with Crippen LogP contribution in [0.15, 0.2) is 60.7 Å². The van der Waals surface area contributed by atoms with E-state index in [1.807, 2.05) is 0 Å². The molecule has 0 aromatic carbocycles. The van der Waals surface area contributed by atoms with E-state index in [0.29, 0.717) is 23.7 Å². The van der Waals surface area contributed by atoms with Gasteiger partial charge >= 0.3 is 0 Å². The standard InChI is InChI=1S/C36H34N4/c1-35(2)18-20-6-11-25(35)33-28-15-24-10-8-22(38-24)13-21-7-9-23(37-21)14-27-31-19-5-12-26(36(3,4)17-19)34(31)30(39-27)16-29(40-28)32(20)33/h5-16,19-20,25-26,37,39H,17-18H2,1-4H3. The molecule has 0 amide bonds. The maximum absolute atomic E-state index is 5.40. The Morgan fingerprint density at radius 2 is 1.27 bits per heavy atom. The van der Waals surface area contributed by atoms with Crippen molar-refractivity contribution >= 4 is 45.4 Å². The topological polar surface area (TPSA) is 57.4 Å². The Morgan fingerprint density at radius 1 is 0.625 bits per heavy atom. The molecule has 0 saturated carbocycles. The maximum Gasteiger partial charge on any atom is 0.0700 e. The van der Waals surface area contributed by atoms with Crippen LogP contribution in [0.1, 0.15) is 86.3 Å². The zero-order valence-corrected chi connectivity index (χ0v) is 23.5. The number of allylic oxidation sites excluding steroid dienone is 6. The van der Waals surface area contributed by atoms with Crippen LogP contribution in [0.3, 0.4) is 0 Å². The molecule has 8 aliphatic rings. The second-order valence-electron chi connectivity index (χ2n) is 14.1. The van der Waals surface area contributed by atoms with Crippen LogP contribution < -0.4 is 0 Å². The first-order valence-corrected chi connectivity index (χ1v) is 14.8. The largest absolute Gasteiger partial charge is 0.355 e. The van der Waals surface area contributed by atoms with E-state index in [9.17, 15) is 0 Å². The lowest BCUT2D eigenvalue weighted by Crippen LogP contribution is -2.34. The number of hydrogen-bond donors (Lipinski definition) is 2. The number of nitrogens with one attached hydrogen (secondary N) is 2. The van der Waals surface area contributed by atoms with Gasteiger partial charge in [0.1, 0.15) is 0 Å². The molecule has 12 bridgehead atoms. The summed E-state index contributed by atoms with van der Waals surface area (Å²) in [6.45, 7) is 9.70.